The van der Waals surface area contributed by atoms with Crippen molar-refractivity contribution in [3.63, 3.8) is 0 Å². The van der Waals surface area contributed by atoms with E-state index in [4.69, 9.17) is 20.9 Å². The topological polar surface area (TPSA) is 91.3 Å². The maximum atomic E-state index is 11.0. The number of hydrogen-bond donors (Lipinski definition) is 0. The second-order valence-electron chi connectivity index (χ2n) is 4.80. The highest BCUT2D eigenvalue weighted by Gasteiger charge is 2.17. The number of ether oxygens (including phenoxy) is 1. The maximum Gasteiger partial charge on any atom is 0.288 e. The van der Waals surface area contributed by atoms with Gasteiger partial charge in [-0.2, -0.15) is 4.98 Å². The van der Waals surface area contributed by atoms with Crippen LogP contribution in [0, 0.1) is 10.1 Å². The Morgan fingerprint density at radius 2 is 1.92 bits per heavy atom. The Bertz CT molecular complexity index is 877. The molecule has 0 bridgehead atoms. The van der Waals surface area contributed by atoms with Gasteiger partial charge in [-0.3, -0.25) is 10.1 Å². The molecule has 1 aromatic heterocycles. The van der Waals surface area contributed by atoms with E-state index in [0.29, 0.717) is 18.0 Å². The van der Waals surface area contributed by atoms with Gasteiger partial charge in [-0.15, -0.1) is 0 Å². The average molecular weight is 346 g/mol. The van der Waals surface area contributed by atoms with Gasteiger partial charge in [0.2, 0.25) is 5.82 Å². The van der Waals surface area contributed by atoms with Crippen molar-refractivity contribution >= 4 is 17.3 Å². The van der Waals surface area contributed by atoms with E-state index >= 15 is 0 Å². The van der Waals surface area contributed by atoms with Crippen LogP contribution in [0.3, 0.4) is 0 Å². The van der Waals surface area contributed by atoms with Crippen molar-refractivity contribution < 1.29 is 14.2 Å². The first-order valence-electron chi connectivity index (χ1n) is 7.09. The van der Waals surface area contributed by atoms with Gasteiger partial charge in [0.05, 0.1) is 11.5 Å². The first-order valence-corrected chi connectivity index (χ1v) is 7.47. The van der Waals surface area contributed by atoms with Crippen molar-refractivity contribution in [2.75, 3.05) is 6.61 Å². The van der Waals surface area contributed by atoms with Gasteiger partial charge in [0, 0.05) is 17.2 Å². The minimum atomic E-state index is -0.560. The monoisotopic (exact) mass is 345 g/mol. The van der Waals surface area contributed by atoms with Gasteiger partial charge < -0.3 is 9.26 Å². The van der Waals surface area contributed by atoms with Gasteiger partial charge in [-0.25, -0.2) is 0 Å². The van der Waals surface area contributed by atoms with Crippen molar-refractivity contribution in [1.29, 1.82) is 0 Å². The van der Waals surface area contributed by atoms with Crippen LogP contribution in [0.25, 0.3) is 22.8 Å². The van der Waals surface area contributed by atoms with Gasteiger partial charge in [0.1, 0.15) is 10.8 Å². The highest BCUT2D eigenvalue weighted by atomic mass is 35.5. The quantitative estimate of drug-likeness (QED) is 0.504. The predicted molar refractivity (Wildman–Crippen MR) is 88.0 cm³/mol. The van der Waals surface area contributed by atoms with Gasteiger partial charge in [-0.1, -0.05) is 16.8 Å². The van der Waals surface area contributed by atoms with E-state index in [1.165, 1.54) is 12.1 Å². The molecule has 0 spiro atoms. The lowest BCUT2D eigenvalue weighted by molar-refractivity contribution is -0.384. The SMILES string of the molecule is CCOc1ccc(-c2noc(-c3ccc(Cl)c([N+](=O)[O-])c3)n2)cc1. The lowest BCUT2D eigenvalue weighted by atomic mass is 10.2. The Kier molecular flexibility index (Phi) is 4.43. The van der Waals surface area contributed by atoms with Crippen LogP contribution in [0.2, 0.25) is 5.02 Å². The minimum absolute atomic E-state index is 0.0509. The van der Waals surface area contributed by atoms with E-state index in [0.717, 1.165) is 11.3 Å². The fourth-order valence-electron chi connectivity index (χ4n) is 2.11. The summed E-state index contributed by atoms with van der Waals surface area (Å²) in [6.45, 7) is 2.49. The molecule has 0 aliphatic heterocycles. The highest BCUT2D eigenvalue weighted by Crippen LogP contribution is 2.30. The third-order valence-corrected chi connectivity index (χ3v) is 3.56. The van der Waals surface area contributed by atoms with E-state index in [2.05, 4.69) is 10.1 Å². The summed E-state index contributed by atoms with van der Waals surface area (Å²) >= 11 is 5.80. The molecule has 0 N–H and O–H groups in total. The van der Waals surface area contributed by atoms with Gasteiger partial charge in [0.15, 0.2) is 0 Å². The number of rotatable bonds is 5. The summed E-state index contributed by atoms with van der Waals surface area (Å²) in [7, 11) is 0. The molecule has 0 atom stereocenters. The van der Waals surface area contributed by atoms with Crippen molar-refractivity contribution in [3.05, 3.63) is 57.6 Å². The number of nitrogens with zero attached hydrogens (tertiary/aromatic N) is 3. The maximum absolute atomic E-state index is 11.0. The summed E-state index contributed by atoms with van der Waals surface area (Å²) < 4.78 is 10.6. The van der Waals surface area contributed by atoms with Crippen LogP contribution in [0.5, 0.6) is 5.75 Å². The molecule has 0 unspecified atom stereocenters. The molecule has 0 saturated carbocycles. The zero-order chi connectivity index (χ0) is 17.1. The Labute approximate surface area is 142 Å². The molecule has 0 radical (unpaired) electrons. The van der Waals surface area contributed by atoms with Gasteiger partial charge >= 0.3 is 0 Å². The first-order chi connectivity index (χ1) is 11.6. The summed E-state index contributed by atoms with van der Waals surface area (Å²) in [5.74, 6) is 1.31. The van der Waals surface area contributed by atoms with Gasteiger partial charge in [-0.05, 0) is 43.3 Å². The molecule has 7 nitrogen and oxygen atoms in total. The highest BCUT2D eigenvalue weighted by molar-refractivity contribution is 6.32. The molecule has 0 amide bonds. The number of nitro groups is 1. The van der Waals surface area contributed by atoms with Crippen molar-refractivity contribution in [1.82, 2.24) is 10.1 Å². The number of nitro benzene ring substituents is 1. The minimum Gasteiger partial charge on any atom is -0.494 e. The van der Waals surface area contributed by atoms with E-state index in [-0.39, 0.29) is 16.6 Å². The van der Waals surface area contributed by atoms with Crippen molar-refractivity contribution in [2.24, 2.45) is 0 Å². The van der Waals surface area contributed by atoms with Crippen LogP contribution in [0.1, 0.15) is 6.92 Å². The summed E-state index contributed by atoms with van der Waals surface area (Å²) in [6.07, 6.45) is 0. The Balaban J connectivity index is 1.90. The van der Waals surface area contributed by atoms with Crippen LogP contribution in [-0.4, -0.2) is 21.7 Å². The van der Waals surface area contributed by atoms with Crippen LogP contribution in [-0.2, 0) is 0 Å². The Hall–Kier alpha value is -2.93. The molecule has 2 aromatic carbocycles. The van der Waals surface area contributed by atoms with Crippen LogP contribution >= 0.6 is 11.6 Å². The fourth-order valence-corrected chi connectivity index (χ4v) is 2.30. The van der Waals surface area contributed by atoms with E-state index in [9.17, 15) is 10.1 Å². The third kappa shape index (κ3) is 3.21. The molecular weight excluding hydrogens is 334 g/mol. The Morgan fingerprint density at radius 1 is 1.21 bits per heavy atom. The van der Waals surface area contributed by atoms with Crippen LogP contribution in [0.4, 0.5) is 5.69 Å². The lowest BCUT2D eigenvalue weighted by Gasteiger charge is -2.02. The summed E-state index contributed by atoms with van der Waals surface area (Å²) in [4.78, 5) is 14.7. The van der Waals surface area contributed by atoms with E-state index in [1.54, 1.807) is 6.07 Å². The molecule has 3 aromatic rings. The first kappa shape index (κ1) is 15.9. The molecule has 122 valence electrons. The van der Waals surface area contributed by atoms with Crippen molar-refractivity contribution in [3.8, 4) is 28.6 Å². The molecule has 1 heterocycles. The van der Waals surface area contributed by atoms with Crippen molar-refractivity contribution in [2.45, 2.75) is 6.92 Å². The zero-order valence-corrected chi connectivity index (χ0v) is 13.4. The van der Waals surface area contributed by atoms with Crippen LogP contribution < -0.4 is 4.74 Å². The molecular formula is C16H12ClN3O4. The second-order valence-corrected chi connectivity index (χ2v) is 5.21. The normalized spacial score (nSPS) is 10.6. The summed E-state index contributed by atoms with van der Waals surface area (Å²) in [5, 5.41) is 14.9. The predicted octanol–water partition coefficient (Wildman–Crippen LogP) is 4.36. The molecule has 3 rings (SSSR count). The van der Waals surface area contributed by atoms with E-state index in [1.807, 2.05) is 31.2 Å². The largest absolute Gasteiger partial charge is 0.494 e. The average Bonchev–Trinajstić information content (AvgIpc) is 3.06. The molecule has 0 saturated heterocycles. The number of benzene rings is 2. The fraction of sp³-hybridized carbons (Fsp3) is 0.125. The molecule has 0 aliphatic carbocycles. The molecule has 0 fully saturated rings. The summed E-state index contributed by atoms with van der Waals surface area (Å²) in [6, 6.07) is 11.6. The number of halogens is 1. The Morgan fingerprint density at radius 3 is 2.58 bits per heavy atom. The lowest BCUT2D eigenvalue weighted by Crippen LogP contribution is -1.91. The molecule has 0 aliphatic rings. The van der Waals surface area contributed by atoms with Gasteiger partial charge in [0.25, 0.3) is 11.6 Å². The summed E-state index contributed by atoms with van der Waals surface area (Å²) in [5.41, 5.74) is 0.961. The second kappa shape index (κ2) is 6.67. The van der Waals surface area contributed by atoms with E-state index < -0.39 is 4.92 Å². The molecule has 24 heavy (non-hydrogen) atoms. The molecule has 8 heteroatoms. The standard InChI is InChI=1S/C16H12ClN3O4/c1-2-23-12-6-3-10(4-7-12)15-18-16(24-19-15)11-5-8-13(17)14(9-11)20(21)22/h3-9H,2H2,1H3. The third-order valence-electron chi connectivity index (χ3n) is 3.24. The smallest absolute Gasteiger partial charge is 0.288 e. The van der Waals surface area contributed by atoms with Crippen LogP contribution in [0.15, 0.2) is 47.0 Å². The number of hydrogen-bond acceptors (Lipinski definition) is 6. The zero-order valence-electron chi connectivity index (χ0n) is 12.6. The number of aromatic nitrogens is 2.